The first kappa shape index (κ1) is 20.8. The fraction of sp³-hybridized carbons (Fsp3) is 0.680. The highest BCUT2D eigenvalue weighted by Crippen LogP contribution is 2.69. The first-order valence-electron chi connectivity index (χ1n) is 11.3. The van der Waals surface area contributed by atoms with Crippen LogP contribution in [0.25, 0.3) is 0 Å². The lowest BCUT2D eigenvalue weighted by Gasteiger charge is -2.71. The molecule has 2 unspecified atom stereocenters. The molecule has 0 amide bonds. The topological polar surface area (TPSA) is 24.5 Å². The Labute approximate surface area is 178 Å². The van der Waals surface area contributed by atoms with Crippen molar-refractivity contribution < 1.29 is 4.74 Å². The molecular weight excluding hydrogens is 355 g/mol. The van der Waals surface area contributed by atoms with E-state index >= 15 is 0 Å². The summed E-state index contributed by atoms with van der Waals surface area (Å²) in [6.45, 7) is 19.4. The second kappa shape index (κ2) is 6.80. The number of nitrogens with one attached hydrogen (secondary N) is 1. The maximum atomic E-state index is 6.49. The molecule has 2 aliphatic carbocycles. The summed E-state index contributed by atoms with van der Waals surface area (Å²) in [6.07, 6.45) is 4.81. The lowest BCUT2D eigenvalue weighted by molar-refractivity contribution is -0.184. The zero-order chi connectivity index (χ0) is 21.2. The molecule has 1 radical (unpaired) electrons. The fourth-order valence-corrected chi connectivity index (χ4v) is 7.59. The maximum absolute atomic E-state index is 6.49. The average Bonchev–Trinajstić information content (AvgIpc) is 2.64. The first-order chi connectivity index (χ1) is 13.6. The van der Waals surface area contributed by atoms with Gasteiger partial charge in [-0.25, -0.2) is 0 Å². The lowest BCUT2D eigenvalue weighted by atomic mass is 9.36. The molecule has 1 N–H and O–H groups in total. The molecule has 1 aromatic carbocycles. The van der Waals surface area contributed by atoms with Crippen molar-refractivity contribution in [2.45, 2.75) is 84.7 Å². The molecule has 1 saturated heterocycles. The summed E-state index contributed by atoms with van der Waals surface area (Å²) in [6, 6.07) is 5.34. The van der Waals surface area contributed by atoms with Crippen LogP contribution in [0.2, 0.25) is 6.82 Å². The monoisotopic (exact) mass is 393 g/mol. The third kappa shape index (κ3) is 2.60. The molecule has 2 fully saturated rings. The summed E-state index contributed by atoms with van der Waals surface area (Å²) in [7, 11) is 4.24. The van der Waals surface area contributed by atoms with Crippen LogP contribution in [0.1, 0.15) is 62.3 Å². The summed E-state index contributed by atoms with van der Waals surface area (Å²) in [5.41, 5.74) is 6.50. The Hall–Kier alpha value is -1.42. The van der Waals surface area contributed by atoms with Crippen LogP contribution in [0.4, 0.5) is 0 Å². The smallest absolute Gasteiger partial charge is 0.243 e. The standard InChI is InChI=1S/C25H38BN2O/c1-16-9-10-19-15-20-24(6)12-11-21(29-18(3)27-26-7)23(4,5)25(24,13-14-28(20)8)22(19)17(16)2/h9-10,20-21,27H,3,11-15H2,1-2,4-8H3/t20-,21?,24?,25+/m1/s1. The average molecular weight is 393 g/mol. The summed E-state index contributed by atoms with van der Waals surface area (Å²) >= 11 is 0. The summed E-state index contributed by atoms with van der Waals surface area (Å²) in [5, 5.41) is 3.16. The van der Waals surface area contributed by atoms with E-state index in [4.69, 9.17) is 4.74 Å². The Morgan fingerprint density at radius 3 is 2.66 bits per heavy atom. The molecular formula is C25H38BN2O. The van der Waals surface area contributed by atoms with E-state index in [9.17, 15) is 0 Å². The van der Waals surface area contributed by atoms with E-state index in [0.717, 1.165) is 13.0 Å². The minimum absolute atomic E-state index is 0.00555. The molecule has 1 heterocycles. The molecule has 1 aromatic rings. The van der Waals surface area contributed by atoms with E-state index in [0.29, 0.717) is 11.9 Å². The second-order valence-corrected chi connectivity index (χ2v) is 10.5. The van der Waals surface area contributed by atoms with Crippen LogP contribution >= 0.6 is 0 Å². The minimum atomic E-state index is 0.00555. The SMILES string of the molecule is C=C(N[B]C)OC1CCC2(C)[C@H]3Cc4ccc(C)c(C)c4[C@@]2(CCN3C)C1(C)C. The number of piperidine rings is 1. The molecule has 2 bridgehead atoms. The van der Waals surface area contributed by atoms with Gasteiger partial charge < -0.3 is 14.9 Å². The van der Waals surface area contributed by atoms with Crippen molar-refractivity contribution in [1.82, 2.24) is 10.1 Å². The number of hydrogen-bond donors (Lipinski definition) is 1. The Bertz CT molecular complexity index is 834. The molecule has 1 aliphatic heterocycles. The van der Waals surface area contributed by atoms with Gasteiger partial charge in [0.1, 0.15) is 6.10 Å². The van der Waals surface area contributed by atoms with Crippen LogP contribution < -0.4 is 5.23 Å². The molecule has 4 heteroatoms. The highest BCUT2D eigenvalue weighted by Gasteiger charge is 2.70. The van der Waals surface area contributed by atoms with Crippen molar-refractivity contribution in [2.75, 3.05) is 13.6 Å². The first-order valence-corrected chi connectivity index (χ1v) is 11.3. The second-order valence-electron chi connectivity index (χ2n) is 10.5. The van der Waals surface area contributed by atoms with Crippen LogP contribution in [-0.4, -0.2) is 38.1 Å². The highest BCUT2D eigenvalue weighted by atomic mass is 16.5. The van der Waals surface area contributed by atoms with Gasteiger partial charge in [-0.05, 0) is 87.4 Å². The quantitative estimate of drug-likeness (QED) is 0.591. The number of rotatable bonds is 4. The largest absolute Gasteiger partial charge is 0.477 e. The van der Waals surface area contributed by atoms with Gasteiger partial charge in [0.25, 0.3) is 0 Å². The van der Waals surface area contributed by atoms with Crippen molar-refractivity contribution >= 4 is 7.41 Å². The predicted molar refractivity (Wildman–Crippen MR) is 122 cm³/mol. The van der Waals surface area contributed by atoms with Crippen molar-refractivity contribution in [3.63, 3.8) is 0 Å². The lowest BCUT2D eigenvalue weighted by Crippen LogP contribution is -2.73. The Balaban J connectivity index is 1.92. The number of hydrogen-bond acceptors (Lipinski definition) is 3. The summed E-state index contributed by atoms with van der Waals surface area (Å²) < 4.78 is 6.49. The van der Waals surface area contributed by atoms with Gasteiger partial charge in [0, 0.05) is 16.9 Å². The zero-order valence-corrected chi connectivity index (χ0v) is 19.5. The van der Waals surface area contributed by atoms with E-state index in [1.807, 2.05) is 14.2 Å². The maximum Gasteiger partial charge on any atom is 0.243 e. The molecule has 4 atom stereocenters. The number of likely N-dealkylation sites (N-methyl/N-ethyl adjacent to an activating group) is 1. The van der Waals surface area contributed by atoms with Gasteiger partial charge in [-0.15, -0.1) is 0 Å². The van der Waals surface area contributed by atoms with Gasteiger partial charge in [-0.1, -0.05) is 39.7 Å². The number of benzene rings is 1. The van der Waals surface area contributed by atoms with Crippen LogP contribution in [0, 0.1) is 24.7 Å². The Morgan fingerprint density at radius 2 is 1.97 bits per heavy atom. The fourth-order valence-electron chi connectivity index (χ4n) is 7.59. The molecule has 1 saturated carbocycles. The van der Waals surface area contributed by atoms with Crippen LogP contribution in [-0.2, 0) is 16.6 Å². The predicted octanol–water partition coefficient (Wildman–Crippen LogP) is 4.74. The van der Waals surface area contributed by atoms with Gasteiger partial charge in [0.05, 0.1) is 0 Å². The molecule has 4 rings (SSSR count). The van der Waals surface area contributed by atoms with Crippen molar-refractivity contribution in [3.05, 3.63) is 46.8 Å². The van der Waals surface area contributed by atoms with E-state index < -0.39 is 0 Å². The third-order valence-corrected chi connectivity index (χ3v) is 9.16. The molecule has 29 heavy (non-hydrogen) atoms. The minimum Gasteiger partial charge on any atom is -0.477 e. The van der Waals surface area contributed by atoms with Gasteiger partial charge in [0.2, 0.25) is 7.41 Å². The number of aryl methyl sites for hydroxylation is 1. The van der Waals surface area contributed by atoms with E-state index in [-0.39, 0.29) is 22.3 Å². The number of nitrogens with zero attached hydrogens (tertiary/aromatic N) is 1. The van der Waals surface area contributed by atoms with Crippen LogP contribution in [0.3, 0.4) is 0 Å². The van der Waals surface area contributed by atoms with Gasteiger partial charge >= 0.3 is 0 Å². The van der Waals surface area contributed by atoms with E-state index in [2.05, 4.69) is 70.5 Å². The molecule has 3 aliphatic rings. The molecule has 3 nitrogen and oxygen atoms in total. The van der Waals surface area contributed by atoms with E-state index in [1.165, 1.54) is 30.4 Å². The van der Waals surface area contributed by atoms with Gasteiger partial charge in [0.15, 0.2) is 5.88 Å². The normalized spacial score (nSPS) is 35.3. The molecule has 157 valence electrons. The Kier molecular flexibility index (Phi) is 4.89. The third-order valence-electron chi connectivity index (χ3n) is 9.16. The van der Waals surface area contributed by atoms with Crippen LogP contribution in [0.5, 0.6) is 0 Å². The summed E-state index contributed by atoms with van der Waals surface area (Å²) in [4.78, 5) is 2.64. The van der Waals surface area contributed by atoms with Crippen molar-refractivity contribution in [2.24, 2.45) is 10.8 Å². The van der Waals surface area contributed by atoms with E-state index in [1.54, 1.807) is 11.1 Å². The zero-order valence-electron chi connectivity index (χ0n) is 19.5. The molecule has 0 aromatic heterocycles. The van der Waals surface area contributed by atoms with Crippen LogP contribution in [0.15, 0.2) is 24.6 Å². The summed E-state index contributed by atoms with van der Waals surface area (Å²) in [5.74, 6) is 0.673. The van der Waals surface area contributed by atoms with Gasteiger partial charge in [-0.2, -0.15) is 0 Å². The Morgan fingerprint density at radius 1 is 1.24 bits per heavy atom. The molecule has 0 spiro atoms. The van der Waals surface area contributed by atoms with Crippen molar-refractivity contribution in [1.29, 1.82) is 0 Å². The highest BCUT2D eigenvalue weighted by molar-refractivity contribution is 6.30. The number of ether oxygens (including phenoxy) is 1. The number of likely N-dealkylation sites (tertiary alicyclic amines) is 1. The van der Waals surface area contributed by atoms with Crippen molar-refractivity contribution in [3.8, 4) is 0 Å². The number of fused-ring (bicyclic) bond motifs is 1. The van der Waals surface area contributed by atoms with Gasteiger partial charge in [-0.3, -0.25) is 0 Å².